The minimum Gasteiger partial charge on any atom is -0.309 e. The standard InChI is InChI=1S/C10H17N3S/c1-3-10(7-14-2)13-6-9-4-11-8-12-5-9/h4-5,8,10,13H,3,6-7H2,1-2H3. The highest BCUT2D eigenvalue weighted by atomic mass is 32.2. The Morgan fingerprint density at radius 1 is 1.43 bits per heavy atom. The molecule has 0 saturated carbocycles. The molecule has 0 amide bonds. The van der Waals surface area contributed by atoms with Crippen LogP contribution in [0.5, 0.6) is 0 Å². The monoisotopic (exact) mass is 211 g/mol. The van der Waals surface area contributed by atoms with Crippen LogP contribution in [-0.4, -0.2) is 28.0 Å². The summed E-state index contributed by atoms with van der Waals surface area (Å²) in [4.78, 5) is 7.96. The summed E-state index contributed by atoms with van der Waals surface area (Å²) in [5, 5.41) is 3.49. The highest BCUT2D eigenvalue weighted by Crippen LogP contribution is 2.02. The van der Waals surface area contributed by atoms with E-state index in [0.29, 0.717) is 6.04 Å². The predicted octanol–water partition coefficient (Wildman–Crippen LogP) is 1.71. The van der Waals surface area contributed by atoms with E-state index >= 15 is 0 Å². The van der Waals surface area contributed by atoms with Gasteiger partial charge in [0.05, 0.1) is 0 Å². The van der Waals surface area contributed by atoms with Gasteiger partial charge in [-0.1, -0.05) is 6.92 Å². The van der Waals surface area contributed by atoms with Gasteiger partial charge in [0.25, 0.3) is 0 Å². The number of hydrogen-bond acceptors (Lipinski definition) is 4. The van der Waals surface area contributed by atoms with Gasteiger partial charge >= 0.3 is 0 Å². The second-order valence-corrected chi connectivity index (χ2v) is 4.10. The summed E-state index contributed by atoms with van der Waals surface area (Å²) in [6, 6.07) is 0.588. The summed E-state index contributed by atoms with van der Waals surface area (Å²) in [6.45, 7) is 3.06. The fourth-order valence-electron chi connectivity index (χ4n) is 1.21. The van der Waals surface area contributed by atoms with Crippen LogP contribution in [0.3, 0.4) is 0 Å². The molecular formula is C10H17N3S. The summed E-state index contributed by atoms with van der Waals surface area (Å²) >= 11 is 1.88. The van der Waals surface area contributed by atoms with Crippen LogP contribution >= 0.6 is 11.8 Å². The highest BCUT2D eigenvalue weighted by Gasteiger charge is 2.03. The van der Waals surface area contributed by atoms with Crippen molar-refractivity contribution >= 4 is 11.8 Å². The first-order valence-electron chi connectivity index (χ1n) is 4.83. The van der Waals surface area contributed by atoms with Crippen molar-refractivity contribution in [2.45, 2.75) is 25.9 Å². The lowest BCUT2D eigenvalue weighted by atomic mass is 10.2. The molecule has 1 heterocycles. The Morgan fingerprint density at radius 2 is 2.14 bits per heavy atom. The van der Waals surface area contributed by atoms with Crippen molar-refractivity contribution < 1.29 is 0 Å². The Balaban J connectivity index is 2.32. The summed E-state index contributed by atoms with van der Waals surface area (Å²) in [6.07, 6.45) is 8.56. The minimum absolute atomic E-state index is 0.588. The molecule has 0 bridgehead atoms. The van der Waals surface area contributed by atoms with Gasteiger partial charge in [0.2, 0.25) is 0 Å². The number of thioether (sulfide) groups is 1. The van der Waals surface area contributed by atoms with E-state index < -0.39 is 0 Å². The zero-order valence-corrected chi connectivity index (χ0v) is 9.55. The van der Waals surface area contributed by atoms with Crippen molar-refractivity contribution in [2.24, 2.45) is 0 Å². The molecule has 1 aromatic heterocycles. The summed E-state index contributed by atoms with van der Waals surface area (Å²) in [5.74, 6) is 1.16. The first kappa shape index (κ1) is 11.5. The first-order chi connectivity index (χ1) is 6.86. The van der Waals surface area contributed by atoms with Crippen molar-refractivity contribution in [1.82, 2.24) is 15.3 Å². The van der Waals surface area contributed by atoms with E-state index in [1.807, 2.05) is 24.2 Å². The van der Waals surface area contributed by atoms with E-state index in [1.54, 1.807) is 6.33 Å². The van der Waals surface area contributed by atoms with Gasteiger partial charge < -0.3 is 5.32 Å². The number of aromatic nitrogens is 2. The summed E-state index contributed by atoms with van der Waals surface area (Å²) in [7, 11) is 0. The van der Waals surface area contributed by atoms with Gasteiger partial charge in [-0.3, -0.25) is 0 Å². The van der Waals surface area contributed by atoms with Crippen molar-refractivity contribution in [3.05, 3.63) is 24.3 Å². The molecule has 78 valence electrons. The number of nitrogens with one attached hydrogen (secondary N) is 1. The lowest BCUT2D eigenvalue weighted by molar-refractivity contribution is 0.540. The molecule has 0 spiro atoms. The van der Waals surface area contributed by atoms with Crippen LogP contribution in [0.15, 0.2) is 18.7 Å². The Hall–Kier alpha value is -0.610. The summed E-state index contributed by atoms with van der Waals surface area (Å²) < 4.78 is 0. The molecule has 0 fully saturated rings. The molecule has 14 heavy (non-hydrogen) atoms. The average molecular weight is 211 g/mol. The molecule has 4 heteroatoms. The van der Waals surface area contributed by atoms with Gasteiger partial charge in [-0.25, -0.2) is 9.97 Å². The molecule has 3 nitrogen and oxygen atoms in total. The third-order valence-electron chi connectivity index (χ3n) is 2.07. The second-order valence-electron chi connectivity index (χ2n) is 3.19. The molecule has 0 aromatic carbocycles. The van der Waals surface area contributed by atoms with Crippen molar-refractivity contribution in [1.29, 1.82) is 0 Å². The zero-order valence-electron chi connectivity index (χ0n) is 8.73. The van der Waals surface area contributed by atoms with Crippen molar-refractivity contribution in [3.63, 3.8) is 0 Å². The van der Waals surface area contributed by atoms with Crippen LogP contribution in [0.2, 0.25) is 0 Å². The molecule has 0 aliphatic carbocycles. The van der Waals surface area contributed by atoms with E-state index in [9.17, 15) is 0 Å². The zero-order chi connectivity index (χ0) is 10.2. The normalized spacial score (nSPS) is 12.7. The number of rotatable bonds is 6. The number of hydrogen-bond donors (Lipinski definition) is 1. The fraction of sp³-hybridized carbons (Fsp3) is 0.600. The van der Waals surface area contributed by atoms with E-state index in [2.05, 4.69) is 28.5 Å². The highest BCUT2D eigenvalue weighted by molar-refractivity contribution is 7.98. The third-order valence-corrected chi connectivity index (χ3v) is 2.81. The maximum atomic E-state index is 3.98. The molecule has 0 aliphatic rings. The van der Waals surface area contributed by atoms with Gasteiger partial charge in [0.15, 0.2) is 0 Å². The smallest absolute Gasteiger partial charge is 0.115 e. The molecule has 0 aliphatic heterocycles. The molecule has 1 N–H and O–H groups in total. The Kier molecular flexibility index (Phi) is 5.56. The maximum Gasteiger partial charge on any atom is 0.115 e. The van der Waals surface area contributed by atoms with Crippen LogP contribution < -0.4 is 5.32 Å². The Labute approximate surface area is 89.7 Å². The van der Waals surface area contributed by atoms with Gasteiger partial charge in [-0.2, -0.15) is 11.8 Å². The average Bonchev–Trinajstić information content (AvgIpc) is 2.25. The largest absolute Gasteiger partial charge is 0.309 e. The quantitative estimate of drug-likeness (QED) is 0.777. The second kappa shape index (κ2) is 6.79. The minimum atomic E-state index is 0.588. The predicted molar refractivity (Wildman–Crippen MR) is 61.3 cm³/mol. The van der Waals surface area contributed by atoms with Crippen LogP contribution in [-0.2, 0) is 6.54 Å². The molecular weight excluding hydrogens is 194 g/mol. The molecule has 1 unspecified atom stereocenters. The molecule has 0 radical (unpaired) electrons. The van der Waals surface area contributed by atoms with Crippen molar-refractivity contribution in [2.75, 3.05) is 12.0 Å². The van der Waals surface area contributed by atoms with Crippen molar-refractivity contribution in [3.8, 4) is 0 Å². The van der Waals surface area contributed by atoms with Crippen LogP contribution in [0.1, 0.15) is 18.9 Å². The first-order valence-corrected chi connectivity index (χ1v) is 6.22. The topological polar surface area (TPSA) is 37.8 Å². The van der Waals surface area contributed by atoms with Gasteiger partial charge in [-0.05, 0) is 12.7 Å². The van der Waals surface area contributed by atoms with E-state index in [4.69, 9.17) is 0 Å². The molecule has 1 atom stereocenters. The molecule has 0 saturated heterocycles. The molecule has 1 rings (SSSR count). The van der Waals surface area contributed by atoms with Gasteiger partial charge in [-0.15, -0.1) is 0 Å². The maximum absolute atomic E-state index is 3.98. The fourth-order valence-corrected chi connectivity index (χ4v) is 1.96. The lowest BCUT2D eigenvalue weighted by Gasteiger charge is -2.15. The van der Waals surface area contributed by atoms with E-state index in [1.165, 1.54) is 0 Å². The van der Waals surface area contributed by atoms with Crippen LogP contribution in [0.25, 0.3) is 0 Å². The lowest BCUT2D eigenvalue weighted by Crippen LogP contribution is -2.30. The SMILES string of the molecule is CCC(CSC)NCc1cncnc1. The Morgan fingerprint density at radius 3 is 2.71 bits per heavy atom. The van der Waals surface area contributed by atoms with E-state index in [0.717, 1.165) is 24.3 Å². The van der Waals surface area contributed by atoms with Crippen LogP contribution in [0.4, 0.5) is 0 Å². The number of nitrogens with zero attached hydrogens (tertiary/aromatic N) is 2. The third kappa shape index (κ3) is 4.07. The van der Waals surface area contributed by atoms with E-state index in [-0.39, 0.29) is 0 Å². The van der Waals surface area contributed by atoms with Crippen LogP contribution in [0, 0.1) is 0 Å². The molecule has 1 aromatic rings. The van der Waals surface area contributed by atoms with Gasteiger partial charge in [0, 0.05) is 36.3 Å². The summed E-state index contributed by atoms with van der Waals surface area (Å²) in [5.41, 5.74) is 1.15. The van der Waals surface area contributed by atoms with Gasteiger partial charge in [0.1, 0.15) is 6.33 Å². The Bertz CT molecular complexity index is 240.